The van der Waals surface area contributed by atoms with Gasteiger partial charge in [-0.05, 0) is 181 Å². The fourth-order valence-electron chi connectivity index (χ4n) is 14.9. The second-order valence-electron chi connectivity index (χ2n) is 24.6. The van der Waals surface area contributed by atoms with Crippen LogP contribution in [0.3, 0.4) is 0 Å². The van der Waals surface area contributed by atoms with Crippen LogP contribution in [0.4, 0.5) is 0 Å². The first-order valence-corrected chi connectivity index (χ1v) is 30.9. The van der Waals surface area contributed by atoms with Crippen molar-refractivity contribution in [2.24, 2.45) is 0 Å². The molecule has 10 aromatic carbocycles. The van der Waals surface area contributed by atoms with Gasteiger partial charge in [0.05, 0.1) is 52.2 Å². The molecule has 0 fully saturated rings. The highest BCUT2D eigenvalue weighted by molar-refractivity contribution is 6.15. The average Bonchev–Trinajstić information content (AvgIpc) is 1.85. The number of imidazole rings is 3. The zero-order chi connectivity index (χ0) is 58.6. The van der Waals surface area contributed by atoms with Gasteiger partial charge in [0.1, 0.15) is 16.9 Å². The van der Waals surface area contributed by atoms with E-state index in [0.717, 1.165) is 72.5 Å². The molecule has 16 aromatic rings. The van der Waals surface area contributed by atoms with Crippen molar-refractivity contribution in [2.45, 2.75) is 80.1 Å². The Labute approximate surface area is 506 Å². The fourth-order valence-corrected chi connectivity index (χ4v) is 14.9. The monoisotopic (exact) mass is 1120 g/mol. The molecule has 0 aliphatic carbocycles. The van der Waals surface area contributed by atoms with E-state index < -0.39 is 0 Å². The number of rotatable bonds is 12. The number of nitrogens with zero attached hydrogens (tertiary/aromatic N) is 6. The summed E-state index contributed by atoms with van der Waals surface area (Å²) in [5.41, 5.74) is 29.4. The number of hydrogen-bond acceptors (Lipinski definition) is 3. The van der Waals surface area contributed by atoms with E-state index in [4.69, 9.17) is 15.0 Å². The van der Waals surface area contributed by atoms with Gasteiger partial charge < -0.3 is 0 Å². The van der Waals surface area contributed by atoms with Gasteiger partial charge in [-0.25, -0.2) is 15.0 Å². The fraction of sp³-hybridized carbons (Fsp3) is 0.148. The number of para-hydroxylation sites is 3. The normalized spacial score (nSPS) is 12.1. The lowest BCUT2D eigenvalue weighted by Gasteiger charge is -2.15. The van der Waals surface area contributed by atoms with Gasteiger partial charge in [-0.2, -0.15) is 0 Å². The summed E-state index contributed by atoms with van der Waals surface area (Å²) in [6.07, 6.45) is 11.8. The summed E-state index contributed by atoms with van der Waals surface area (Å²) in [4.78, 5) is 15.4. The Bertz CT molecular complexity index is 4880. The minimum Gasteiger partial charge on any atom is -0.292 e. The quantitative estimate of drug-likeness (QED) is 0.115. The van der Waals surface area contributed by atoms with Gasteiger partial charge in [-0.15, -0.1) is 0 Å². The van der Waals surface area contributed by atoms with Crippen LogP contribution in [0, 0.1) is 41.5 Å². The molecule has 0 atom stereocenters. The second-order valence-corrected chi connectivity index (χ2v) is 24.6. The Balaban J connectivity index is 0.747. The first-order chi connectivity index (χ1) is 42.6. The molecule has 6 nitrogen and oxygen atoms in total. The third-order valence-corrected chi connectivity index (χ3v) is 19.0. The lowest BCUT2D eigenvalue weighted by molar-refractivity contribution is 0.905. The Morgan fingerprint density at radius 3 is 0.793 bits per heavy atom. The van der Waals surface area contributed by atoms with E-state index >= 15 is 0 Å². The molecule has 16 rings (SSSR count). The number of aromatic nitrogens is 6. The van der Waals surface area contributed by atoms with Crippen LogP contribution in [0.15, 0.2) is 219 Å². The standard InChI is InChI=1S/C81H66N6/c1-49-16-13-17-50(2)76(49)73-46-82-79-64-37-34-55(43-67(64)61-22-7-10-25-70(61)85(73)79)28-31-58-40-59(32-29-56-35-38-65-68(44-56)62-23-8-11-26-71(62)86-74(47-83-80(65)86)77-51(3)18-14-19-52(77)4)42-60(41-58)33-30-57-36-39-66-69(45-57)63-24-9-12-27-72(63)87-75(48-84-81(66)87)78-53(5)20-15-21-54(78)6/h7-27,34-48H,28-33H2,1-6H3. The van der Waals surface area contributed by atoms with Crippen molar-refractivity contribution in [3.8, 4) is 33.8 Å². The van der Waals surface area contributed by atoms with Crippen LogP contribution in [-0.2, 0) is 38.5 Å². The molecule has 0 saturated carbocycles. The summed E-state index contributed by atoms with van der Waals surface area (Å²) >= 11 is 0. The highest BCUT2D eigenvalue weighted by atomic mass is 15.0. The Morgan fingerprint density at radius 1 is 0.241 bits per heavy atom. The summed E-state index contributed by atoms with van der Waals surface area (Å²) in [5, 5.41) is 11.0. The van der Waals surface area contributed by atoms with Crippen molar-refractivity contribution in [3.63, 3.8) is 0 Å². The van der Waals surface area contributed by atoms with Gasteiger partial charge in [0, 0.05) is 49.0 Å². The molecule has 0 bridgehead atoms. The highest BCUT2D eigenvalue weighted by Crippen LogP contribution is 2.40. The van der Waals surface area contributed by atoms with Crippen molar-refractivity contribution < 1.29 is 0 Å². The molecule has 0 N–H and O–H groups in total. The number of benzene rings is 10. The molecule has 0 aliphatic rings. The molecule has 6 aromatic heterocycles. The molecule has 420 valence electrons. The van der Waals surface area contributed by atoms with Crippen LogP contribution >= 0.6 is 0 Å². The molecule has 0 spiro atoms. The first-order valence-electron chi connectivity index (χ1n) is 30.9. The second kappa shape index (κ2) is 20.8. The molecular weight excluding hydrogens is 1060 g/mol. The van der Waals surface area contributed by atoms with Crippen molar-refractivity contribution in [1.29, 1.82) is 0 Å². The van der Waals surface area contributed by atoms with Gasteiger partial charge in [-0.1, -0.05) is 182 Å². The number of aryl methyl sites for hydroxylation is 12. The van der Waals surface area contributed by atoms with Crippen LogP contribution in [0.2, 0.25) is 0 Å². The van der Waals surface area contributed by atoms with E-state index in [-0.39, 0.29) is 0 Å². The van der Waals surface area contributed by atoms with Crippen molar-refractivity contribution in [2.75, 3.05) is 0 Å². The van der Waals surface area contributed by atoms with Crippen molar-refractivity contribution in [3.05, 3.63) is 286 Å². The van der Waals surface area contributed by atoms with Crippen molar-refractivity contribution in [1.82, 2.24) is 28.2 Å². The van der Waals surface area contributed by atoms with E-state index in [1.54, 1.807) is 0 Å². The lowest BCUT2D eigenvalue weighted by atomic mass is 9.93. The number of hydrogen-bond donors (Lipinski definition) is 0. The minimum absolute atomic E-state index is 0.927. The van der Waals surface area contributed by atoms with Gasteiger partial charge in [-0.3, -0.25) is 13.2 Å². The van der Waals surface area contributed by atoms with E-state index in [1.807, 2.05) is 0 Å². The van der Waals surface area contributed by atoms with E-state index in [2.05, 4.69) is 274 Å². The molecule has 0 radical (unpaired) electrons. The van der Waals surface area contributed by atoms with E-state index in [9.17, 15) is 0 Å². The third kappa shape index (κ3) is 8.71. The third-order valence-electron chi connectivity index (χ3n) is 19.0. The van der Waals surface area contributed by atoms with Crippen LogP contribution in [0.1, 0.15) is 66.8 Å². The molecule has 0 unspecified atom stereocenters. The minimum atomic E-state index is 0.927. The van der Waals surface area contributed by atoms with Crippen molar-refractivity contribution >= 4 is 82.0 Å². The molecule has 87 heavy (non-hydrogen) atoms. The Kier molecular flexibility index (Phi) is 12.5. The Morgan fingerprint density at radius 2 is 0.506 bits per heavy atom. The summed E-state index contributed by atoms with van der Waals surface area (Å²) in [6, 6.07) is 75.0. The SMILES string of the molecule is Cc1cccc(C)c1-c1cnc2c3ccc(CCc4cc(CCc5ccc6c(c5)c5ccccc5n5c(-c7c(C)cccc7C)cnc65)cc(CCc5ccc6c(c5)c5ccccc5n5c(-c7c(C)cccc7C)cnc65)c4)cc3c3ccccc3n12. The first kappa shape index (κ1) is 52.4. The molecule has 6 heteroatoms. The van der Waals surface area contributed by atoms with Crippen LogP contribution in [-0.4, -0.2) is 28.2 Å². The topological polar surface area (TPSA) is 51.9 Å². The molecule has 0 aliphatic heterocycles. The van der Waals surface area contributed by atoms with Gasteiger partial charge in [0.25, 0.3) is 0 Å². The highest BCUT2D eigenvalue weighted by Gasteiger charge is 2.21. The van der Waals surface area contributed by atoms with Gasteiger partial charge >= 0.3 is 0 Å². The number of pyridine rings is 3. The van der Waals surface area contributed by atoms with E-state index in [0.29, 0.717) is 0 Å². The summed E-state index contributed by atoms with van der Waals surface area (Å²) < 4.78 is 7.13. The summed E-state index contributed by atoms with van der Waals surface area (Å²) in [7, 11) is 0. The maximum Gasteiger partial charge on any atom is 0.145 e. The molecule has 0 saturated heterocycles. The molecule has 0 amide bonds. The smallest absolute Gasteiger partial charge is 0.145 e. The van der Waals surface area contributed by atoms with Gasteiger partial charge in [0.15, 0.2) is 0 Å². The lowest BCUT2D eigenvalue weighted by Crippen LogP contribution is -2.01. The van der Waals surface area contributed by atoms with Crippen LogP contribution in [0.25, 0.3) is 116 Å². The zero-order valence-electron chi connectivity index (χ0n) is 50.2. The summed E-state index contributed by atoms with van der Waals surface area (Å²) in [5.74, 6) is 0. The molecular formula is C81H66N6. The number of fused-ring (bicyclic) bond motifs is 18. The summed E-state index contributed by atoms with van der Waals surface area (Å²) in [6.45, 7) is 13.2. The predicted octanol–water partition coefficient (Wildman–Crippen LogP) is 19.8. The van der Waals surface area contributed by atoms with Crippen LogP contribution in [0.5, 0.6) is 0 Å². The zero-order valence-corrected chi connectivity index (χ0v) is 50.2. The average molecular weight is 1120 g/mol. The largest absolute Gasteiger partial charge is 0.292 e. The maximum atomic E-state index is 5.15. The Hall–Kier alpha value is -10.2. The van der Waals surface area contributed by atoms with E-state index in [1.165, 1.54) is 148 Å². The predicted molar refractivity (Wildman–Crippen MR) is 364 cm³/mol. The van der Waals surface area contributed by atoms with Crippen LogP contribution < -0.4 is 0 Å². The maximum absolute atomic E-state index is 5.15. The molecule has 6 heterocycles. The van der Waals surface area contributed by atoms with Gasteiger partial charge in [0.2, 0.25) is 0 Å².